The molecule has 0 bridgehead atoms. The molecule has 17 heavy (non-hydrogen) atoms. The lowest BCUT2D eigenvalue weighted by molar-refractivity contribution is 0.0452. The maximum atomic E-state index is 5.71. The first-order valence-corrected chi connectivity index (χ1v) is 7.66. The molecule has 1 heterocycles. The maximum Gasteiger partial charge on any atom is 0.0123 e. The van der Waals surface area contributed by atoms with E-state index in [-0.39, 0.29) is 0 Å². The summed E-state index contributed by atoms with van der Waals surface area (Å²) in [6.45, 7) is 8.44. The largest absolute Gasteiger partial charge is 0.330 e. The van der Waals surface area contributed by atoms with Crippen molar-refractivity contribution >= 4 is 0 Å². The van der Waals surface area contributed by atoms with E-state index in [4.69, 9.17) is 5.73 Å². The lowest BCUT2D eigenvalue weighted by atomic mass is 9.76. The molecule has 0 amide bonds. The standard InChI is InChI=1S/C15H30N2/c1-12-5-3-7-15(13(12)2)17-10-4-6-14(11-17)8-9-16/h12-15H,3-11,16H2,1-2H3. The van der Waals surface area contributed by atoms with Gasteiger partial charge in [-0.15, -0.1) is 0 Å². The van der Waals surface area contributed by atoms with Gasteiger partial charge < -0.3 is 5.73 Å². The zero-order chi connectivity index (χ0) is 12.3. The summed E-state index contributed by atoms with van der Waals surface area (Å²) in [6.07, 6.45) is 8.34. The molecular formula is C15H30N2. The van der Waals surface area contributed by atoms with E-state index in [2.05, 4.69) is 18.7 Å². The van der Waals surface area contributed by atoms with Crippen LogP contribution in [0.4, 0.5) is 0 Å². The number of piperidine rings is 1. The Kier molecular flexibility index (Phi) is 4.87. The van der Waals surface area contributed by atoms with Gasteiger partial charge in [0.2, 0.25) is 0 Å². The van der Waals surface area contributed by atoms with Crippen LogP contribution in [0.5, 0.6) is 0 Å². The second kappa shape index (κ2) is 6.19. The van der Waals surface area contributed by atoms with E-state index in [9.17, 15) is 0 Å². The van der Waals surface area contributed by atoms with E-state index in [1.165, 1.54) is 51.6 Å². The molecule has 1 aliphatic heterocycles. The van der Waals surface area contributed by atoms with Crippen molar-refractivity contribution in [1.82, 2.24) is 4.90 Å². The highest BCUT2D eigenvalue weighted by Crippen LogP contribution is 2.35. The predicted octanol–water partition coefficient (Wildman–Crippen LogP) is 2.87. The van der Waals surface area contributed by atoms with Crippen molar-refractivity contribution in [3.05, 3.63) is 0 Å². The molecule has 1 aliphatic carbocycles. The SMILES string of the molecule is CC1CCCC(N2CCCC(CCN)C2)C1C. The Morgan fingerprint density at radius 1 is 1.12 bits per heavy atom. The Balaban J connectivity index is 1.91. The van der Waals surface area contributed by atoms with Crippen LogP contribution in [0.1, 0.15) is 52.4 Å². The molecule has 2 heteroatoms. The predicted molar refractivity (Wildman–Crippen MR) is 73.9 cm³/mol. The summed E-state index contributed by atoms with van der Waals surface area (Å²) in [5.41, 5.74) is 5.71. The van der Waals surface area contributed by atoms with E-state index in [0.29, 0.717) is 0 Å². The van der Waals surface area contributed by atoms with Crippen molar-refractivity contribution in [3.8, 4) is 0 Å². The van der Waals surface area contributed by atoms with E-state index in [1.807, 2.05) is 0 Å². The average Bonchev–Trinajstić information content (AvgIpc) is 2.33. The lowest BCUT2D eigenvalue weighted by Crippen LogP contribution is -2.48. The number of hydrogen-bond acceptors (Lipinski definition) is 2. The highest BCUT2D eigenvalue weighted by Gasteiger charge is 2.33. The van der Waals surface area contributed by atoms with Gasteiger partial charge >= 0.3 is 0 Å². The fourth-order valence-electron chi connectivity index (χ4n) is 3.94. The molecule has 1 saturated carbocycles. The van der Waals surface area contributed by atoms with Crippen LogP contribution < -0.4 is 5.73 Å². The lowest BCUT2D eigenvalue weighted by Gasteiger charge is -2.45. The third kappa shape index (κ3) is 3.23. The van der Waals surface area contributed by atoms with Gasteiger partial charge in [0.1, 0.15) is 0 Å². The van der Waals surface area contributed by atoms with Crippen LogP contribution in [-0.2, 0) is 0 Å². The van der Waals surface area contributed by atoms with E-state index >= 15 is 0 Å². The molecule has 0 radical (unpaired) electrons. The normalized spacial score (nSPS) is 40.4. The Labute approximate surface area is 107 Å². The summed E-state index contributed by atoms with van der Waals surface area (Å²) in [4.78, 5) is 2.80. The zero-order valence-electron chi connectivity index (χ0n) is 11.7. The number of likely N-dealkylation sites (tertiary alicyclic amines) is 1. The molecule has 4 unspecified atom stereocenters. The Morgan fingerprint density at radius 3 is 2.71 bits per heavy atom. The van der Waals surface area contributed by atoms with Gasteiger partial charge in [-0.1, -0.05) is 26.7 Å². The topological polar surface area (TPSA) is 29.3 Å². The molecule has 2 rings (SSSR count). The average molecular weight is 238 g/mol. The third-order valence-electron chi connectivity index (χ3n) is 5.26. The van der Waals surface area contributed by atoms with Crippen molar-refractivity contribution in [3.63, 3.8) is 0 Å². The van der Waals surface area contributed by atoms with Crippen LogP contribution in [0.25, 0.3) is 0 Å². The van der Waals surface area contributed by atoms with Gasteiger partial charge in [0.15, 0.2) is 0 Å². The van der Waals surface area contributed by atoms with Crippen LogP contribution in [0, 0.1) is 17.8 Å². The molecule has 100 valence electrons. The molecule has 2 fully saturated rings. The molecule has 1 saturated heterocycles. The van der Waals surface area contributed by atoms with E-state index in [0.717, 1.165) is 30.3 Å². The van der Waals surface area contributed by atoms with Crippen LogP contribution in [0.2, 0.25) is 0 Å². The summed E-state index contributed by atoms with van der Waals surface area (Å²) in [7, 11) is 0. The molecule has 4 atom stereocenters. The van der Waals surface area contributed by atoms with Gasteiger partial charge in [-0.3, -0.25) is 4.90 Å². The van der Waals surface area contributed by atoms with Gasteiger partial charge in [0.25, 0.3) is 0 Å². The molecular weight excluding hydrogens is 208 g/mol. The number of rotatable bonds is 3. The second-order valence-electron chi connectivity index (χ2n) is 6.42. The summed E-state index contributed by atoms with van der Waals surface area (Å²) in [6, 6.07) is 0.860. The highest BCUT2D eigenvalue weighted by molar-refractivity contribution is 4.87. The first-order valence-electron chi connectivity index (χ1n) is 7.66. The molecule has 2 nitrogen and oxygen atoms in total. The van der Waals surface area contributed by atoms with Crippen molar-refractivity contribution in [2.24, 2.45) is 23.5 Å². The van der Waals surface area contributed by atoms with Crippen LogP contribution in [0.3, 0.4) is 0 Å². The Morgan fingerprint density at radius 2 is 1.94 bits per heavy atom. The second-order valence-corrected chi connectivity index (χ2v) is 6.42. The number of nitrogens with zero attached hydrogens (tertiary/aromatic N) is 1. The molecule has 2 aliphatic rings. The summed E-state index contributed by atoms with van der Waals surface area (Å²) in [5, 5.41) is 0. The third-order valence-corrected chi connectivity index (χ3v) is 5.26. The monoisotopic (exact) mass is 238 g/mol. The first kappa shape index (κ1) is 13.4. The summed E-state index contributed by atoms with van der Waals surface area (Å²) >= 11 is 0. The van der Waals surface area contributed by atoms with Crippen molar-refractivity contribution < 1.29 is 0 Å². The Hall–Kier alpha value is -0.0800. The van der Waals surface area contributed by atoms with Gasteiger partial charge in [0.05, 0.1) is 0 Å². The van der Waals surface area contributed by atoms with Crippen molar-refractivity contribution in [1.29, 1.82) is 0 Å². The van der Waals surface area contributed by atoms with Gasteiger partial charge in [-0.05, 0) is 56.5 Å². The van der Waals surface area contributed by atoms with E-state index < -0.39 is 0 Å². The fraction of sp³-hybridized carbons (Fsp3) is 1.00. The minimum Gasteiger partial charge on any atom is -0.330 e. The Bertz CT molecular complexity index is 227. The minimum atomic E-state index is 0.860. The van der Waals surface area contributed by atoms with E-state index in [1.54, 1.807) is 0 Å². The van der Waals surface area contributed by atoms with Crippen molar-refractivity contribution in [2.45, 2.75) is 58.4 Å². The molecule has 0 aromatic rings. The fourth-order valence-corrected chi connectivity index (χ4v) is 3.94. The number of nitrogens with two attached hydrogens (primary N) is 1. The summed E-state index contributed by atoms with van der Waals surface area (Å²) < 4.78 is 0. The van der Waals surface area contributed by atoms with Gasteiger partial charge in [0, 0.05) is 12.6 Å². The number of hydrogen-bond donors (Lipinski definition) is 1. The zero-order valence-corrected chi connectivity index (χ0v) is 11.7. The first-order chi connectivity index (χ1) is 8.22. The molecule has 0 aromatic carbocycles. The maximum absolute atomic E-state index is 5.71. The smallest absolute Gasteiger partial charge is 0.0123 e. The molecule has 0 spiro atoms. The van der Waals surface area contributed by atoms with Crippen LogP contribution in [0.15, 0.2) is 0 Å². The van der Waals surface area contributed by atoms with Crippen LogP contribution in [-0.4, -0.2) is 30.6 Å². The molecule has 0 aromatic heterocycles. The molecule has 2 N–H and O–H groups in total. The van der Waals surface area contributed by atoms with Crippen molar-refractivity contribution in [2.75, 3.05) is 19.6 Å². The minimum absolute atomic E-state index is 0.860. The van der Waals surface area contributed by atoms with Crippen LogP contribution >= 0.6 is 0 Å². The summed E-state index contributed by atoms with van der Waals surface area (Å²) in [5.74, 6) is 2.68. The quantitative estimate of drug-likeness (QED) is 0.819. The highest BCUT2D eigenvalue weighted by atomic mass is 15.2. The van der Waals surface area contributed by atoms with Gasteiger partial charge in [-0.2, -0.15) is 0 Å². The van der Waals surface area contributed by atoms with Gasteiger partial charge in [-0.25, -0.2) is 0 Å².